The van der Waals surface area contributed by atoms with E-state index in [-0.39, 0.29) is 35.2 Å². The second-order valence-electron chi connectivity index (χ2n) is 12.0. The van der Waals surface area contributed by atoms with Gasteiger partial charge in [0.15, 0.2) is 0 Å². The maximum atomic E-state index is 13.7. The Morgan fingerprint density at radius 1 is 1.09 bits per heavy atom. The Bertz CT molecular complexity index is 817. The fraction of sp³-hybridized carbons (Fsp3) is 0.714. The number of amides is 2. The molecule has 4 nitrogen and oxygen atoms in total. The van der Waals surface area contributed by atoms with Gasteiger partial charge in [0.05, 0.1) is 0 Å². The molecule has 2 saturated carbocycles. The van der Waals surface area contributed by atoms with Crippen LogP contribution in [0.4, 0.5) is 0 Å². The Morgan fingerprint density at radius 2 is 1.75 bits per heavy atom. The number of nitrogens with zero attached hydrogens (tertiary/aromatic N) is 1. The summed E-state index contributed by atoms with van der Waals surface area (Å²) in [6, 6.07) is 8.65. The van der Waals surface area contributed by atoms with E-state index in [0.29, 0.717) is 24.3 Å². The molecule has 2 amide bonds. The van der Waals surface area contributed by atoms with Gasteiger partial charge < -0.3 is 10.2 Å². The molecule has 4 rings (SSSR count). The van der Waals surface area contributed by atoms with E-state index in [9.17, 15) is 9.59 Å². The van der Waals surface area contributed by atoms with Gasteiger partial charge in [-0.2, -0.15) is 0 Å². The number of benzene rings is 1. The fourth-order valence-corrected chi connectivity index (χ4v) is 5.81. The summed E-state index contributed by atoms with van der Waals surface area (Å²) in [6.45, 7) is 11.7. The van der Waals surface area contributed by atoms with Crippen molar-refractivity contribution in [1.82, 2.24) is 10.2 Å². The zero-order chi connectivity index (χ0) is 23.0. The molecule has 1 saturated heterocycles. The van der Waals surface area contributed by atoms with Gasteiger partial charge in [-0.1, -0.05) is 78.1 Å². The minimum atomic E-state index is -0.313. The summed E-state index contributed by atoms with van der Waals surface area (Å²) in [5, 5.41) is 3.32. The highest BCUT2D eigenvalue weighted by molar-refractivity contribution is 5.91. The summed E-state index contributed by atoms with van der Waals surface area (Å²) >= 11 is 0. The molecule has 1 aromatic rings. The van der Waals surface area contributed by atoms with Crippen LogP contribution in [0.3, 0.4) is 0 Å². The molecule has 1 aromatic carbocycles. The molecule has 1 heterocycles. The molecule has 2 aliphatic carbocycles. The van der Waals surface area contributed by atoms with Gasteiger partial charge in [-0.05, 0) is 60.0 Å². The Kier molecular flexibility index (Phi) is 6.70. The average Bonchev–Trinajstić information content (AvgIpc) is 3.55. The third-order valence-electron chi connectivity index (χ3n) is 7.91. The lowest BCUT2D eigenvalue weighted by molar-refractivity contribution is -0.147. The fourth-order valence-electron chi connectivity index (χ4n) is 5.81. The highest BCUT2D eigenvalue weighted by Crippen LogP contribution is 2.49. The van der Waals surface area contributed by atoms with Crippen LogP contribution in [0.25, 0.3) is 0 Å². The molecule has 0 unspecified atom stereocenters. The molecule has 4 atom stereocenters. The monoisotopic (exact) mass is 438 g/mol. The van der Waals surface area contributed by atoms with E-state index in [0.717, 1.165) is 12.8 Å². The van der Waals surface area contributed by atoms with E-state index in [1.807, 2.05) is 4.90 Å². The van der Waals surface area contributed by atoms with Crippen LogP contribution in [0.15, 0.2) is 24.3 Å². The minimum Gasteiger partial charge on any atom is -0.350 e. The molecule has 3 fully saturated rings. The number of piperazine rings is 1. The lowest BCUT2D eigenvalue weighted by atomic mass is 9.82. The van der Waals surface area contributed by atoms with E-state index in [2.05, 4.69) is 64.2 Å². The molecule has 4 heteroatoms. The van der Waals surface area contributed by atoms with Crippen LogP contribution in [0.2, 0.25) is 0 Å². The first-order chi connectivity index (χ1) is 15.1. The first-order valence-electron chi connectivity index (χ1n) is 12.9. The van der Waals surface area contributed by atoms with Crippen LogP contribution in [-0.2, 0) is 15.0 Å². The van der Waals surface area contributed by atoms with Crippen LogP contribution in [0.5, 0.6) is 0 Å². The molecule has 0 spiro atoms. The highest BCUT2D eigenvalue weighted by atomic mass is 16.2. The minimum absolute atomic E-state index is 0.0306. The Hall–Kier alpha value is -1.84. The van der Waals surface area contributed by atoms with Gasteiger partial charge in [0.25, 0.3) is 0 Å². The second-order valence-corrected chi connectivity index (χ2v) is 12.0. The van der Waals surface area contributed by atoms with E-state index in [1.165, 1.54) is 43.2 Å². The van der Waals surface area contributed by atoms with Crippen molar-refractivity contribution >= 4 is 11.8 Å². The van der Waals surface area contributed by atoms with Gasteiger partial charge in [-0.25, -0.2) is 0 Å². The van der Waals surface area contributed by atoms with Crippen molar-refractivity contribution in [2.24, 2.45) is 17.8 Å². The van der Waals surface area contributed by atoms with E-state index >= 15 is 0 Å². The molecule has 32 heavy (non-hydrogen) atoms. The van der Waals surface area contributed by atoms with Crippen LogP contribution < -0.4 is 5.32 Å². The van der Waals surface area contributed by atoms with Crippen LogP contribution in [0.1, 0.15) is 96.6 Å². The number of hydrogen-bond acceptors (Lipinski definition) is 2. The zero-order valence-electron chi connectivity index (χ0n) is 20.7. The Labute approximate surface area is 194 Å². The summed E-state index contributed by atoms with van der Waals surface area (Å²) in [5.74, 6) is 1.50. The van der Waals surface area contributed by atoms with Gasteiger partial charge in [0.2, 0.25) is 11.8 Å². The maximum absolute atomic E-state index is 13.7. The van der Waals surface area contributed by atoms with Crippen LogP contribution in [-0.4, -0.2) is 35.3 Å². The maximum Gasteiger partial charge on any atom is 0.243 e. The smallest absolute Gasteiger partial charge is 0.243 e. The molecule has 0 bridgehead atoms. The van der Waals surface area contributed by atoms with Crippen molar-refractivity contribution in [2.75, 3.05) is 6.54 Å². The number of carbonyl (C=O) groups is 2. The van der Waals surface area contributed by atoms with Crippen molar-refractivity contribution in [3.63, 3.8) is 0 Å². The molecule has 176 valence electrons. The van der Waals surface area contributed by atoms with Crippen molar-refractivity contribution in [3.8, 4) is 0 Å². The predicted molar refractivity (Wildman–Crippen MR) is 129 cm³/mol. The van der Waals surface area contributed by atoms with Gasteiger partial charge in [-0.3, -0.25) is 9.59 Å². The average molecular weight is 439 g/mol. The quantitative estimate of drug-likeness (QED) is 0.668. The standard InChI is InChI=1S/C28H42N2O2/c1-18(2)15-25-26(31)29-24(20-9-7-6-8-10-20)17-30(25)27(32)23-16-22(23)19-11-13-21(14-12-19)28(3,4)5/h11-14,18,20,22-25H,6-10,15-17H2,1-5H3,(H,29,31)/t22-,23+,24+,25-/m0/s1. The van der Waals surface area contributed by atoms with Crippen molar-refractivity contribution < 1.29 is 9.59 Å². The molecule has 1 N–H and O–H groups in total. The van der Waals surface area contributed by atoms with Crippen LogP contribution in [0, 0.1) is 17.8 Å². The summed E-state index contributed by atoms with van der Waals surface area (Å²) in [7, 11) is 0. The molecule has 3 aliphatic rings. The largest absolute Gasteiger partial charge is 0.350 e. The molecule has 1 aliphatic heterocycles. The van der Waals surface area contributed by atoms with E-state index in [4.69, 9.17) is 0 Å². The number of carbonyl (C=O) groups excluding carboxylic acids is 2. The first kappa shape index (κ1) is 23.3. The van der Waals surface area contributed by atoms with Crippen molar-refractivity contribution in [2.45, 2.75) is 103 Å². The lowest BCUT2D eigenvalue weighted by Gasteiger charge is -2.43. The third-order valence-corrected chi connectivity index (χ3v) is 7.91. The van der Waals surface area contributed by atoms with Gasteiger partial charge >= 0.3 is 0 Å². The lowest BCUT2D eigenvalue weighted by Crippen LogP contribution is -2.64. The number of rotatable bonds is 5. The Morgan fingerprint density at radius 3 is 2.34 bits per heavy atom. The Balaban J connectivity index is 1.48. The summed E-state index contributed by atoms with van der Waals surface area (Å²) in [6.07, 6.45) is 7.79. The van der Waals surface area contributed by atoms with E-state index in [1.54, 1.807) is 0 Å². The highest BCUT2D eigenvalue weighted by Gasteiger charge is 2.50. The molecular weight excluding hydrogens is 396 g/mol. The topological polar surface area (TPSA) is 49.4 Å². The number of nitrogens with one attached hydrogen (secondary N) is 1. The summed E-state index contributed by atoms with van der Waals surface area (Å²) < 4.78 is 0. The second kappa shape index (κ2) is 9.19. The van der Waals surface area contributed by atoms with Crippen molar-refractivity contribution in [3.05, 3.63) is 35.4 Å². The molecular formula is C28H42N2O2. The number of hydrogen-bond donors (Lipinski definition) is 1. The van der Waals surface area contributed by atoms with Crippen LogP contribution >= 0.6 is 0 Å². The molecule has 0 aromatic heterocycles. The predicted octanol–water partition coefficient (Wildman–Crippen LogP) is 5.41. The normalized spacial score (nSPS) is 29.2. The van der Waals surface area contributed by atoms with Gasteiger partial charge in [0, 0.05) is 18.5 Å². The van der Waals surface area contributed by atoms with E-state index < -0.39 is 0 Å². The third kappa shape index (κ3) is 5.05. The van der Waals surface area contributed by atoms with Gasteiger partial charge in [0.1, 0.15) is 6.04 Å². The van der Waals surface area contributed by atoms with Gasteiger partial charge in [-0.15, -0.1) is 0 Å². The van der Waals surface area contributed by atoms with Crippen molar-refractivity contribution in [1.29, 1.82) is 0 Å². The summed E-state index contributed by atoms with van der Waals surface area (Å²) in [4.78, 5) is 28.8. The molecule has 0 radical (unpaired) electrons. The summed E-state index contributed by atoms with van der Waals surface area (Å²) in [5.41, 5.74) is 2.73. The zero-order valence-corrected chi connectivity index (χ0v) is 20.7. The first-order valence-corrected chi connectivity index (χ1v) is 12.9. The SMILES string of the molecule is CC(C)C[C@H]1C(=O)N[C@@H](C2CCCCC2)CN1C(=O)[C@@H]1C[C@H]1c1ccc(C(C)(C)C)cc1.